The van der Waals surface area contributed by atoms with Gasteiger partial charge in [0.2, 0.25) is 0 Å². The number of nitrogens with zero attached hydrogens (tertiary/aromatic N) is 1. The second kappa shape index (κ2) is 16.0. The summed E-state index contributed by atoms with van der Waals surface area (Å²) in [6, 6.07) is 14.3. The van der Waals surface area contributed by atoms with Crippen LogP contribution in [0.4, 0.5) is 0 Å². The highest BCUT2D eigenvalue weighted by Crippen LogP contribution is 2.36. The molecule has 0 bridgehead atoms. The Balaban J connectivity index is 1.23. The van der Waals surface area contributed by atoms with Gasteiger partial charge in [0, 0.05) is 37.5 Å². The molecule has 0 aliphatic carbocycles. The third-order valence-corrected chi connectivity index (χ3v) is 7.92. The molecule has 0 amide bonds. The fourth-order valence-corrected chi connectivity index (χ4v) is 5.55. The average Bonchev–Trinajstić information content (AvgIpc) is 2.86. The molecule has 1 heterocycles. The predicted molar refractivity (Wildman–Crippen MR) is 148 cm³/mol. The highest BCUT2D eigenvalue weighted by molar-refractivity contribution is 7.99. The third kappa shape index (κ3) is 10.8. The van der Waals surface area contributed by atoms with Gasteiger partial charge >= 0.3 is 5.97 Å². The molecule has 0 aromatic heterocycles. The summed E-state index contributed by atoms with van der Waals surface area (Å²) in [6.07, 6.45) is 11.7. The van der Waals surface area contributed by atoms with Crippen LogP contribution in [-0.2, 0) is 4.79 Å². The maximum absolute atomic E-state index is 12.4. The van der Waals surface area contributed by atoms with Gasteiger partial charge in [0.05, 0.1) is 4.90 Å². The van der Waals surface area contributed by atoms with Gasteiger partial charge < -0.3 is 15.0 Å². The molecule has 192 valence electrons. The third-order valence-electron chi connectivity index (χ3n) is 6.69. The van der Waals surface area contributed by atoms with Crippen LogP contribution in [0.3, 0.4) is 0 Å². The first-order valence-corrected chi connectivity index (χ1v) is 14.4. The number of carbonyl (C=O) groups is 1. The molecule has 0 saturated carbocycles. The van der Waals surface area contributed by atoms with Crippen molar-refractivity contribution in [2.75, 3.05) is 32.7 Å². The Hall–Kier alpha value is -1.82. The molecule has 5 heteroatoms. The number of unbranched alkanes of at least 4 members (excludes halogenated alkanes) is 8. The van der Waals surface area contributed by atoms with Crippen molar-refractivity contribution in [3.63, 3.8) is 0 Å². The van der Waals surface area contributed by atoms with E-state index in [2.05, 4.69) is 42.3 Å². The van der Waals surface area contributed by atoms with Crippen LogP contribution in [0.2, 0.25) is 0 Å². The minimum atomic E-state index is -0.122. The Morgan fingerprint density at radius 2 is 1.51 bits per heavy atom. The van der Waals surface area contributed by atoms with Crippen LogP contribution in [0, 0.1) is 13.8 Å². The molecular formula is C30H44N2O2S. The van der Waals surface area contributed by atoms with E-state index in [1.807, 2.05) is 24.3 Å². The zero-order valence-corrected chi connectivity index (χ0v) is 22.6. The van der Waals surface area contributed by atoms with Crippen molar-refractivity contribution < 1.29 is 9.53 Å². The number of carbonyl (C=O) groups excluding carboxylic acids is 1. The van der Waals surface area contributed by atoms with Crippen LogP contribution in [0.15, 0.2) is 52.3 Å². The van der Waals surface area contributed by atoms with E-state index in [1.54, 1.807) is 11.8 Å². The quantitative estimate of drug-likeness (QED) is 0.161. The molecule has 1 aliphatic rings. The molecule has 1 fully saturated rings. The van der Waals surface area contributed by atoms with Crippen molar-refractivity contribution in [3.05, 3.63) is 53.6 Å². The fraction of sp³-hybridized carbons (Fsp3) is 0.567. The van der Waals surface area contributed by atoms with Crippen molar-refractivity contribution in [2.45, 2.75) is 87.8 Å². The number of hydrogen-bond acceptors (Lipinski definition) is 5. The molecule has 2 aromatic carbocycles. The second-order valence-corrected chi connectivity index (χ2v) is 10.9. The summed E-state index contributed by atoms with van der Waals surface area (Å²) < 4.78 is 5.74. The first-order chi connectivity index (χ1) is 17.1. The topological polar surface area (TPSA) is 41.6 Å². The standard InChI is InChI=1S/C30H44N2O2S/c1-25-17-18-28(26(2)24-25)35-29-15-12-11-14-27(29)34-30(33)16-10-8-6-4-3-5-7-9-13-21-32-22-19-31-20-23-32/h11-12,14-15,17-18,24,31H,3-10,13,16,19-23H2,1-2H3. The highest BCUT2D eigenvalue weighted by Gasteiger charge is 2.12. The molecule has 3 rings (SSSR count). The lowest BCUT2D eigenvalue weighted by atomic mass is 10.1. The van der Waals surface area contributed by atoms with E-state index < -0.39 is 0 Å². The van der Waals surface area contributed by atoms with Gasteiger partial charge in [-0.05, 0) is 57.0 Å². The van der Waals surface area contributed by atoms with Gasteiger partial charge in [-0.1, -0.05) is 86.5 Å². The molecule has 0 unspecified atom stereocenters. The normalized spacial score (nSPS) is 14.2. The minimum absolute atomic E-state index is 0.122. The van der Waals surface area contributed by atoms with Gasteiger partial charge in [-0.25, -0.2) is 0 Å². The molecule has 4 nitrogen and oxygen atoms in total. The number of para-hydroxylation sites is 1. The smallest absolute Gasteiger partial charge is 0.311 e. The molecule has 0 atom stereocenters. The van der Waals surface area contributed by atoms with Crippen molar-refractivity contribution in [3.8, 4) is 5.75 Å². The summed E-state index contributed by atoms with van der Waals surface area (Å²) >= 11 is 1.66. The number of esters is 1. The zero-order valence-electron chi connectivity index (χ0n) is 21.8. The summed E-state index contributed by atoms with van der Waals surface area (Å²) in [4.78, 5) is 17.2. The summed E-state index contributed by atoms with van der Waals surface area (Å²) in [7, 11) is 0. The summed E-state index contributed by atoms with van der Waals surface area (Å²) in [5, 5.41) is 3.42. The monoisotopic (exact) mass is 496 g/mol. The van der Waals surface area contributed by atoms with Crippen molar-refractivity contribution in [1.29, 1.82) is 0 Å². The Morgan fingerprint density at radius 3 is 2.23 bits per heavy atom. The lowest BCUT2D eigenvalue weighted by molar-refractivity contribution is -0.134. The molecule has 2 aromatic rings. The lowest BCUT2D eigenvalue weighted by Crippen LogP contribution is -2.43. The van der Waals surface area contributed by atoms with Crippen LogP contribution in [0.25, 0.3) is 0 Å². The molecule has 1 aliphatic heterocycles. The molecule has 0 radical (unpaired) electrons. The average molecular weight is 497 g/mol. The zero-order chi connectivity index (χ0) is 24.7. The molecular weight excluding hydrogens is 452 g/mol. The van der Waals surface area contributed by atoms with Gasteiger partial charge in [-0.15, -0.1) is 0 Å². The predicted octanol–water partition coefficient (Wildman–Crippen LogP) is 7.17. The molecule has 35 heavy (non-hydrogen) atoms. The van der Waals surface area contributed by atoms with Crippen LogP contribution < -0.4 is 10.1 Å². The highest BCUT2D eigenvalue weighted by atomic mass is 32.2. The summed E-state index contributed by atoms with van der Waals surface area (Å²) in [5.74, 6) is 0.544. The van der Waals surface area contributed by atoms with Gasteiger partial charge in [-0.2, -0.15) is 0 Å². The van der Waals surface area contributed by atoms with E-state index >= 15 is 0 Å². The number of aryl methyl sites for hydroxylation is 2. The Labute approximate surface area is 217 Å². The van der Waals surface area contributed by atoms with E-state index in [4.69, 9.17) is 4.74 Å². The molecule has 0 spiro atoms. The number of benzene rings is 2. The minimum Gasteiger partial charge on any atom is -0.425 e. The first kappa shape index (κ1) is 27.8. The number of hydrogen-bond donors (Lipinski definition) is 1. The Bertz CT molecular complexity index is 896. The van der Waals surface area contributed by atoms with Crippen LogP contribution in [0.1, 0.15) is 75.3 Å². The lowest BCUT2D eigenvalue weighted by Gasteiger charge is -2.27. The van der Waals surface area contributed by atoms with Crippen LogP contribution in [0.5, 0.6) is 5.75 Å². The largest absolute Gasteiger partial charge is 0.425 e. The second-order valence-electron chi connectivity index (χ2n) is 9.82. The number of piperazine rings is 1. The van der Waals surface area contributed by atoms with E-state index in [1.165, 1.54) is 80.6 Å². The Morgan fingerprint density at radius 1 is 0.857 bits per heavy atom. The van der Waals surface area contributed by atoms with Gasteiger partial charge in [-0.3, -0.25) is 4.79 Å². The number of nitrogens with one attached hydrogen (secondary N) is 1. The van der Waals surface area contributed by atoms with E-state index in [9.17, 15) is 4.79 Å². The number of rotatable bonds is 15. The van der Waals surface area contributed by atoms with Gasteiger partial charge in [0.25, 0.3) is 0 Å². The molecule has 1 saturated heterocycles. The van der Waals surface area contributed by atoms with E-state index in [0.29, 0.717) is 12.2 Å². The molecule has 1 N–H and O–H groups in total. The summed E-state index contributed by atoms with van der Waals surface area (Å²) in [6.45, 7) is 10.2. The fourth-order valence-electron chi connectivity index (χ4n) is 4.60. The van der Waals surface area contributed by atoms with Crippen molar-refractivity contribution in [2.24, 2.45) is 0 Å². The van der Waals surface area contributed by atoms with Gasteiger partial charge in [0.1, 0.15) is 5.75 Å². The van der Waals surface area contributed by atoms with Crippen LogP contribution >= 0.6 is 11.8 Å². The van der Waals surface area contributed by atoms with E-state index in [-0.39, 0.29) is 5.97 Å². The maximum atomic E-state index is 12.4. The number of ether oxygens (including phenoxy) is 1. The van der Waals surface area contributed by atoms with Crippen molar-refractivity contribution in [1.82, 2.24) is 10.2 Å². The van der Waals surface area contributed by atoms with Gasteiger partial charge in [0.15, 0.2) is 0 Å². The maximum Gasteiger partial charge on any atom is 0.311 e. The SMILES string of the molecule is Cc1ccc(Sc2ccccc2OC(=O)CCCCCCCCCCCN2CCNCC2)c(C)c1. The van der Waals surface area contributed by atoms with E-state index in [0.717, 1.165) is 30.8 Å². The Kier molecular flexibility index (Phi) is 12.7. The summed E-state index contributed by atoms with van der Waals surface area (Å²) in [5.41, 5.74) is 2.50. The first-order valence-electron chi connectivity index (χ1n) is 13.6. The van der Waals surface area contributed by atoms with Crippen LogP contribution in [-0.4, -0.2) is 43.6 Å². The van der Waals surface area contributed by atoms with Crippen molar-refractivity contribution >= 4 is 17.7 Å².